The summed E-state index contributed by atoms with van der Waals surface area (Å²) in [6.07, 6.45) is -3.26. The van der Waals surface area contributed by atoms with Crippen molar-refractivity contribution < 1.29 is 17.9 Å². The summed E-state index contributed by atoms with van der Waals surface area (Å²) in [6, 6.07) is 5.30. The average Bonchev–Trinajstić information content (AvgIpc) is 2.40. The summed E-state index contributed by atoms with van der Waals surface area (Å²) in [5.74, 6) is -0.273. The molecule has 1 rings (SSSR count). The van der Waals surface area contributed by atoms with Crippen LogP contribution in [0.2, 0.25) is 0 Å². The minimum Gasteiger partial charge on any atom is -0.406 e. The number of nitrogens with zero attached hydrogens (tertiary/aromatic N) is 1. The number of ether oxygens (including phenoxy) is 1. The molecule has 20 heavy (non-hydrogen) atoms. The van der Waals surface area contributed by atoms with Crippen molar-refractivity contribution in [3.05, 3.63) is 36.0 Å². The number of allylic oxidation sites excluding steroid dienone is 1. The van der Waals surface area contributed by atoms with Crippen LogP contribution in [-0.4, -0.2) is 12.1 Å². The molecule has 0 atom stereocenters. The molecule has 1 aromatic rings. The number of halogens is 3. The van der Waals surface area contributed by atoms with Gasteiger partial charge in [0.15, 0.2) is 0 Å². The van der Waals surface area contributed by atoms with E-state index in [0.29, 0.717) is 11.4 Å². The van der Waals surface area contributed by atoms with Crippen molar-refractivity contribution in [1.29, 1.82) is 0 Å². The van der Waals surface area contributed by atoms with Crippen molar-refractivity contribution in [3.63, 3.8) is 0 Å². The second-order valence-electron chi connectivity index (χ2n) is 3.59. The van der Waals surface area contributed by atoms with Gasteiger partial charge in [0.05, 0.1) is 5.69 Å². The Balaban J connectivity index is 0.00000172. The summed E-state index contributed by atoms with van der Waals surface area (Å²) < 4.78 is 39.5. The van der Waals surface area contributed by atoms with Crippen LogP contribution in [0, 0.1) is 0 Å². The monoisotopic (exact) mass is 288 g/mol. The van der Waals surface area contributed by atoms with Crippen LogP contribution in [0.5, 0.6) is 5.75 Å². The van der Waals surface area contributed by atoms with E-state index in [1.165, 1.54) is 30.5 Å². The number of benzene rings is 1. The molecule has 3 nitrogen and oxygen atoms in total. The van der Waals surface area contributed by atoms with E-state index in [9.17, 15) is 13.2 Å². The fourth-order valence-corrected chi connectivity index (χ4v) is 1.12. The Morgan fingerprint density at radius 3 is 2.05 bits per heavy atom. The number of hydrogen-bond acceptors (Lipinski definition) is 3. The molecule has 1 aromatic carbocycles. The van der Waals surface area contributed by atoms with Crippen molar-refractivity contribution in [2.24, 2.45) is 10.7 Å². The van der Waals surface area contributed by atoms with Gasteiger partial charge in [-0.1, -0.05) is 13.8 Å². The van der Waals surface area contributed by atoms with Gasteiger partial charge in [-0.05, 0) is 49.9 Å². The molecule has 0 saturated carbocycles. The highest BCUT2D eigenvalue weighted by atomic mass is 19.4. The largest absolute Gasteiger partial charge is 0.573 e. The number of hydrogen-bond donors (Lipinski definition) is 1. The lowest BCUT2D eigenvalue weighted by molar-refractivity contribution is -0.274. The molecule has 0 saturated heterocycles. The molecular formula is C14H19F3N2O. The minimum atomic E-state index is -4.68. The summed E-state index contributed by atoms with van der Waals surface area (Å²) in [5.41, 5.74) is 7.36. The summed E-state index contributed by atoms with van der Waals surface area (Å²) in [7, 11) is 0. The molecular weight excluding hydrogens is 269 g/mol. The van der Waals surface area contributed by atoms with E-state index in [2.05, 4.69) is 9.73 Å². The van der Waals surface area contributed by atoms with E-state index in [4.69, 9.17) is 5.73 Å². The first-order valence-corrected chi connectivity index (χ1v) is 6.12. The Bertz CT molecular complexity index is 462. The first kappa shape index (κ1) is 18.0. The highest BCUT2D eigenvalue weighted by Gasteiger charge is 2.30. The molecule has 0 amide bonds. The zero-order chi connectivity index (χ0) is 15.8. The third-order valence-electron chi connectivity index (χ3n) is 2.19. The number of aliphatic imine (C=N–C) groups is 1. The topological polar surface area (TPSA) is 47.6 Å². The molecule has 0 heterocycles. The summed E-state index contributed by atoms with van der Waals surface area (Å²) >= 11 is 0. The van der Waals surface area contributed by atoms with Gasteiger partial charge in [0, 0.05) is 5.71 Å². The standard InChI is InChI=1S/C12H13F3N2O.C2H6/c1-8(7-16)9(2)17-10-3-5-11(6-4-10)18-12(13,14)15;1-2/h3-7H,16H2,1-2H3;1-2H3/b8-7-,17-9?;. The van der Waals surface area contributed by atoms with Crippen molar-refractivity contribution >= 4 is 11.4 Å². The van der Waals surface area contributed by atoms with Crippen LogP contribution in [0.25, 0.3) is 0 Å². The second-order valence-corrected chi connectivity index (χ2v) is 3.59. The smallest absolute Gasteiger partial charge is 0.406 e. The zero-order valence-electron chi connectivity index (χ0n) is 12.0. The number of rotatable bonds is 3. The molecule has 0 aliphatic carbocycles. The SMILES string of the molecule is CC.CC(=Nc1ccc(OC(F)(F)F)cc1)/C(C)=C\N. The highest BCUT2D eigenvalue weighted by Crippen LogP contribution is 2.25. The molecule has 0 fully saturated rings. The maximum atomic E-state index is 11.9. The Kier molecular flexibility index (Phi) is 7.43. The van der Waals surface area contributed by atoms with Gasteiger partial charge in [-0.3, -0.25) is 4.99 Å². The van der Waals surface area contributed by atoms with Gasteiger partial charge in [-0.2, -0.15) is 0 Å². The summed E-state index contributed by atoms with van der Waals surface area (Å²) in [5, 5.41) is 0. The van der Waals surface area contributed by atoms with E-state index in [1.807, 2.05) is 13.8 Å². The van der Waals surface area contributed by atoms with Crippen molar-refractivity contribution in [3.8, 4) is 5.75 Å². The predicted octanol–water partition coefficient (Wildman–Crippen LogP) is 4.57. The highest BCUT2D eigenvalue weighted by molar-refractivity contribution is 5.99. The third-order valence-corrected chi connectivity index (χ3v) is 2.19. The van der Waals surface area contributed by atoms with E-state index >= 15 is 0 Å². The fraction of sp³-hybridized carbons (Fsp3) is 0.357. The first-order valence-electron chi connectivity index (χ1n) is 6.12. The Labute approximate surface area is 117 Å². The molecule has 0 aromatic heterocycles. The normalized spacial score (nSPS) is 12.6. The first-order chi connectivity index (χ1) is 9.31. The Morgan fingerprint density at radius 2 is 1.65 bits per heavy atom. The molecule has 0 bridgehead atoms. The van der Waals surface area contributed by atoms with Crippen molar-refractivity contribution in [2.45, 2.75) is 34.1 Å². The van der Waals surface area contributed by atoms with Crippen LogP contribution < -0.4 is 10.5 Å². The van der Waals surface area contributed by atoms with Gasteiger partial charge in [-0.25, -0.2) is 0 Å². The third kappa shape index (κ3) is 6.82. The van der Waals surface area contributed by atoms with Crippen LogP contribution in [0.3, 0.4) is 0 Å². The minimum absolute atomic E-state index is 0.273. The van der Waals surface area contributed by atoms with Crippen molar-refractivity contribution in [1.82, 2.24) is 0 Å². The van der Waals surface area contributed by atoms with E-state index in [0.717, 1.165) is 5.57 Å². The van der Waals surface area contributed by atoms with Gasteiger partial charge >= 0.3 is 6.36 Å². The van der Waals surface area contributed by atoms with Gasteiger partial charge in [0.2, 0.25) is 0 Å². The predicted molar refractivity (Wildman–Crippen MR) is 75.2 cm³/mol. The number of nitrogens with two attached hydrogens (primary N) is 1. The van der Waals surface area contributed by atoms with Crippen LogP contribution >= 0.6 is 0 Å². The number of alkyl halides is 3. The maximum absolute atomic E-state index is 11.9. The summed E-state index contributed by atoms with van der Waals surface area (Å²) in [6.45, 7) is 7.55. The van der Waals surface area contributed by atoms with Gasteiger partial charge < -0.3 is 10.5 Å². The fourth-order valence-electron chi connectivity index (χ4n) is 1.12. The molecule has 6 heteroatoms. The zero-order valence-corrected chi connectivity index (χ0v) is 12.0. The van der Waals surface area contributed by atoms with Crippen molar-refractivity contribution in [2.75, 3.05) is 0 Å². The molecule has 0 unspecified atom stereocenters. The maximum Gasteiger partial charge on any atom is 0.573 e. The van der Waals surface area contributed by atoms with Crippen LogP contribution in [-0.2, 0) is 0 Å². The van der Waals surface area contributed by atoms with Crippen LogP contribution in [0.15, 0.2) is 41.0 Å². The Hall–Kier alpha value is -1.98. The molecule has 112 valence electrons. The van der Waals surface area contributed by atoms with Gasteiger partial charge in [0.1, 0.15) is 5.75 Å². The lowest BCUT2D eigenvalue weighted by Crippen LogP contribution is -2.16. The molecule has 2 N–H and O–H groups in total. The average molecular weight is 288 g/mol. The lowest BCUT2D eigenvalue weighted by Gasteiger charge is -2.08. The molecule has 0 aliphatic heterocycles. The van der Waals surface area contributed by atoms with Gasteiger partial charge in [-0.15, -0.1) is 13.2 Å². The quantitative estimate of drug-likeness (QED) is 0.828. The summed E-state index contributed by atoms with van der Waals surface area (Å²) in [4.78, 5) is 4.20. The molecule has 0 aliphatic rings. The van der Waals surface area contributed by atoms with Gasteiger partial charge in [0.25, 0.3) is 0 Å². The van der Waals surface area contributed by atoms with E-state index in [-0.39, 0.29) is 5.75 Å². The van der Waals surface area contributed by atoms with E-state index in [1.54, 1.807) is 13.8 Å². The molecule has 0 radical (unpaired) electrons. The second kappa shape index (κ2) is 8.24. The molecule has 0 spiro atoms. The lowest BCUT2D eigenvalue weighted by atomic mass is 10.2. The van der Waals surface area contributed by atoms with E-state index < -0.39 is 6.36 Å². The van der Waals surface area contributed by atoms with Crippen LogP contribution in [0.4, 0.5) is 18.9 Å². The Morgan fingerprint density at radius 1 is 1.15 bits per heavy atom. The van der Waals surface area contributed by atoms with Crippen LogP contribution in [0.1, 0.15) is 27.7 Å².